The van der Waals surface area contributed by atoms with Gasteiger partial charge in [-0.3, -0.25) is 0 Å². The van der Waals surface area contributed by atoms with Crippen LogP contribution in [0.15, 0.2) is 28.7 Å². The molecule has 0 spiro atoms. The van der Waals surface area contributed by atoms with Crippen LogP contribution in [0.3, 0.4) is 0 Å². The summed E-state index contributed by atoms with van der Waals surface area (Å²) in [6.07, 6.45) is 0.915. The number of fused-ring (bicyclic) bond motifs is 1. The third-order valence-electron chi connectivity index (χ3n) is 2.38. The third kappa shape index (κ3) is 2.45. The van der Waals surface area contributed by atoms with Crippen LogP contribution in [0.25, 0.3) is 10.9 Å². The van der Waals surface area contributed by atoms with Crippen LogP contribution in [0.2, 0.25) is 0 Å². The van der Waals surface area contributed by atoms with Crippen LogP contribution in [-0.2, 0) is 6.42 Å². The Morgan fingerprint density at radius 2 is 2.12 bits per heavy atom. The van der Waals surface area contributed by atoms with E-state index in [4.69, 9.17) is 5.84 Å². The molecule has 86 valence electrons. The van der Waals surface area contributed by atoms with Gasteiger partial charge < -0.3 is 5.43 Å². The van der Waals surface area contributed by atoms with Crippen molar-refractivity contribution in [1.82, 2.24) is 4.98 Å². The Labute approximate surface area is 109 Å². The summed E-state index contributed by atoms with van der Waals surface area (Å²) >= 11 is 3.42. The van der Waals surface area contributed by atoms with E-state index >= 15 is 0 Å². The standard InChI is InChI=1S/C11H12BrN3.ClH/c1-2-7-5-8-3-4-9(12)6-10(8)14-11(7)15-13;/h3-6H,2,13H2,1H3,(H,14,15);1H. The first-order valence-electron chi connectivity index (χ1n) is 4.80. The minimum atomic E-state index is 0. The van der Waals surface area contributed by atoms with Crippen molar-refractivity contribution in [2.45, 2.75) is 13.3 Å². The molecule has 16 heavy (non-hydrogen) atoms. The fourth-order valence-corrected chi connectivity index (χ4v) is 1.93. The summed E-state index contributed by atoms with van der Waals surface area (Å²) in [4.78, 5) is 4.46. The van der Waals surface area contributed by atoms with Crippen LogP contribution in [0.5, 0.6) is 0 Å². The molecule has 0 saturated heterocycles. The fourth-order valence-electron chi connectivity index (χ4n) is 1.58. The predicted octanol–water partition coefficient (Wildman–Crippen LogP) is 3.27. The maximum absolute atomic E-state index is 5.43. The number of hydrazine groups is 1. The summed E-state index contributed by atoms with van der Waals surface area (Å²) in [5, 5.41) is 1.13. The second kappa shape index (κ2) is 5.48. The van der Waals surface area contributed by atoms with Crippen molar-refractivity contribution in [1.29, 1.82) is 0 Å². The van der Waals surface area contributed by atoms with Gasteiger partial charge in [0.15, 0.2) is 0 Å². The lowest BCUT2D eigenvalue weighted by Crippen LogP contribution is -2.11. The van der Waals surface area contributed by atoms with E-state index in [0.29, 0.717) is 0 Å². The largest absolute Gasteiger partial charge is 0.308 e. The van der Waals surface area contributed by atoms with E-state index in [1.54, 1.807) is 0 Å². The van der Waals surface area contributed by atoms with Crippen molar-refractivity contribution < 1.29 is 0 Å². The van der Waals surface area contributed by atoms with Gasteiger partial charge in [0.05, 0.1) is 5.52 Å². The summed E-state index contributed by atoms with van der Waals surface area (Å²) in [6.45, 7) is 2.09. The molecule has 0 aliphatic heterocycles. The Morgan fingerprint density at radius 1 is 1.38 bits per heavy atom. The Morgan fingerprint density at radius 3 is 2.75 bits per heavy atom. The molecule has 5 heteroatoms. The molecule has 2 aromatic rings. The molecule has 3 N–H and O–H groups in total. The van der Waals surface area contributed by atoms with E-state index in [0.717, 1.165) is 33.2 Å². The van der Waals surface area contributed by atoms with Crippen molar-refractivity contribution in [3.8, 4) is 0 Å². The summed E-state index contributed by atoms with van der Waals surface area (Å²) in [5.74, 6) is 6.18. The molecule has 0 fully saturated rings. The molecular weight excluding hydrogens is 289 g/mol. The molecule has 1 aromatic heterocycles. The molecule has 3 nitrogen and oxygen atoms in total. The zero-order chi connectivity index (χ0) is 10.8. The number of hydrogen-bond donors (Lipinski definition) is 2. The second-order valence-electron chi connectivity index (χ2n) is 3.33. The van der Waals surface area contributed by atoms with E-state index in [1.807, 2.05) is 18.2 Å². The molecule has 0 atom stereocenters. The molecule has 1 aromatic carbocycles. The van der Waals surface area contributed by atoms with Crippen LogP contribution in [0.1, 0.15) is 12.5 Å². The number of hydrogen-bond acceptors (Lipinski definition) is 3. The molecule has 0 unspecified atom stereocenters. The Kier molecular flexibility index (Phi) is 4.53. The second-order valence-corrected chi connectivity index (χ2v) is 4.25. The van der Waals surface area contributed by atoms with Gasteiger partial charge in [-0.15, -0.1) is 12.4 Å². The van der Waals surface area contributed by atoms with E-state index < -0.39 is 0 Å². The van der Waals surface area contributed by atoms with Crippen LogP contribution in [-0.4, -0.2) is 4.98 Å². The Hall–Kier alpha value is -0.840. The van der Waals surface area contributed by atoms with Gasteiger partial charge in [0.2, 0.25) is 0 Å². The lowest BCUT2D eigenvalue weighted by Gasteiger charge is -2.08. The SMILES string of the molecule is CCc1cc2ccc(Br)cc2nc1NN.Cl. The zero-order valence-corrected chi connectivity index (χ0v) is 11.2. The zero-order valence-electron chi connectivity index (χ0n) is 8.83. The average molecular weight is 303 g/mol. The first kappa shape index (κ1) is 13.2. The van der Waals surface area contributed by atoms with Gasteiger partial charge in [-0.2, -0.15) is 0 Å². The van der Waals surface area contributed by atoms with Crippen molar-refractivity contribution >= 4 is 45.1 Å². The fraction of sp³-hybridized carbons (Fsp3) is 0.182. The summed E-state index contributed by atoms with van der Waals surface area (Å²) in [7, 11) is 0. The Bertz CT molecular complexity index is 502. The van der Waals surface area contributed by atoms with Crippen LogP contribution < -0.4 is 11.3 Å². The number of aromatic nitrogens is 1. The van der Waals surface area contributed by atoms with Crippen LogP contribution in [0.4, 0.5) is 5.82 Å². The molecule has 0 bridgehead atoms. The van der Waals surface area contributed by atoms with E-state index in [-0.39, 0.29) is 12.4 Å². The number of nitrogens with two attached hydrogens (primary N) is 1. The van der Waals surface area contributed by atoms with E-state index in [2.05, 4.69) is 39.3 Å². The number of nitrogens with zero attached hydrogens (tertiary/aromatic N) is 1. The molecule has 0 aliphatic carbocycles. The molecule has 0 aliphatic rings. The number of aryl methyl sites for hydroxylation is 1. The maximum atomic E-state index is 5.43. The van der Waals surface area contributed by atoms with Gasteiger partial charge in [0.1, 0.15) is 5.82 Å². The predicted molar refractivity (Wildman–Crippen MR) is 73.9 cm³/mol. The van der Waals surface area contributed by atoms with Gasteiger partial charge in [-0.1, -0.05) is 28.9 Å². The van der Waals surface area contributed by atoms with Crippen LogP contribution >= 0.6 is 28.3 Å². The highest BCUT2D eigenvalue weighted by Crippen LogP contribution is 2.23. The quantitative estimate of drug-likeness (QED) is 0.661. The lowest BCUT2D eigenvalue weighted by molar-refractivity contribution is 1.10. The minimum Gasteiger partial charge on any atom is -0.308 e. The first-order valence-corrected chi connectivity index (χ1v) is 5.59. The highest BCUT2D eigenvalue weighted by Gasteiger charge is 2.04. The number of anilines is 1. The van der Waals surface area contributed by atoms with Crippen LogP contribution in [0, 0.1) is 0 Å². The third-order valence-corrected chi connectivity index (χ3v) is 2.87. The maximum Gasteiger partial charge on any atom is 0.143 e. The van der Waals surface area contributed by atoms with Gasteiger partial charge in [-0.05, 0) is 30.2 Å². The first-order chi connectivity index (χ1) is 7.24. The molecule has 0 amide bonds. The van der Waals surface area contributed by atoms with Crippen molar-refractivity contribution in [3.05, 3.63) is 34.3 Å². The topological polar surface area (TPSA) is 50.9 Å². The van der Waals surface area contributed by atoms with Crippen molar-refractivity contribution in [2.75, 3.05) is 5.43 Å². The van der Waals surface area contributed by atoms with Gasteiger partial charge in [0, 0.05) is 9.86 Å². The summed E-state index contributed by atoms with van der Waals surface area (Å²) < 4.78 is 1.02. The number of pyridine rings is 1. The average Bonchev–Trinajstić information content (AvgIpc) is 2.27. The molecule has 1 heterocycles. The van der Waals surface area contributed by atoms with Gasteiger partial charge in [-0.25, -0.2) is 10.8 Å². The molecule has 2 rings (SSSR count). The number of rotatable bonds is 2. The highest BCUT2D eigenvalue weighted by molar-refractivity contribution is 9.10. The summed E-state index contributed by atoms with van der Waals surface area (Å²) in [6, 6.07) is 8.16. The lowest BCUT2D eigenvalue weighted by atomic mass is 10.1. The minimum absolute atomic E-state index is 0. The van der Waals surface area contributed by atoms with Gasteiger partial charge >= 0.3 is 0 Å². The van der Waals surface area contributed by atoms with Crippen molar-refractivity contribution in [3.63, 3.8) is 0 Å². The smallest absolute Gasteiger partial charge is 0.143 e. The van der Waals surface area contributed by atoms with E-state index in [9.17, 15) is 0 Å². The normalized spacial score (nSPS) is 9.94. The molecular formula is C11H13BrClN3. The van der Waals surface area contributed by atoms with E-state index in [1.165, 1.54) is 0 Å². The number of halogens is 2. The summed E-state index contributed by atoms with van der Waals surface area (Å²) in [5.41, 5.74) is 4.70. The molecule has 0 saturated carbocycles. The highest BCUT2D eigenvalue weighted by atomic mass is 79.9. The van der Waals surface area contributed by atoms with Crippen molar-refractivity contribution in [2.24, 2.45) is 5.84 Å². The Balaban J connectivity index is 0.00000128. The number of benzene rings is 1. The number of nitrogens with one attached hydrogen (secondary N) is 1. The monoisotopic (exact) mass is 301 g/mol. The number of nitrogen functional groups attached to an aromatic ring is 1. The molecule has 0 radical (unpaired) electrons. The van der Waals surface area contributed by atoms with Gasteiger partial charge in [0.25, 0.3) is 0 Å².